The van der Waals surface area contributed by atoms with Gasteiger partial charge in [0.05, 0.1) is 7.11 Å². The van der Waals surface area contributed by atoms with E-state index in [1.165, 1.54) is 0 Å². The molecule has 0 heterocycles. The number of ether oxygens (including phenoxy) is 1. The lowest BCUT2D eigenvalue weighted by molar-refractivity contribution is 0.410. The number of rotatable bonds is 9. The topological polar surface area (TPSA) is 70.7 Å². The summed E-state index contributed by atoms with van der Waals surface area (Å²) in [4.78, 5) is 25.3. The second-order valence-corrected chi connectivity index (χ2v) is 5.63. The fourth-order valence-corrected chi connectivity index (χ4v) is 2.37. The maximum Gasteiger partial charge on any atom is 0.253 e. The van der Waals surface area contributed by atoms with Crippen molar-refractivity contribution >= 4 is 11.4 Å². The molecule has 0 spiro atoms. The van der Waals surface area contributed by atoms with E-state index in [2.05, 4.69) is 10.6 Å². The van der Waals surface area contributed by atoms with Gasteiger partial charge < -0.3 is 20.3 Å². The standard InChI is InChI=1S/C17H23N3O3/c1-20(2)11-10-19-15-14(16(21)17(15)22)18-9-8-12-6-4-5-7-13(12)23-3/h4-7,18-19H,8-11H2,1-3H3. The molecule has 0 saturated carbocycles. The minimum Gasteiger partial charge on any atom is -0.496 e. The molecule has 2 aromatic carbocycles. The highest BCUT2D eigenvalue weighted by Gasteiger charge is 2.20. The summed E-state index contributed by atoms with van der Waals surface area (Å²) >= 11 is 0. The Balaban J connectivity index is 1.92. The average Bonchev–Trinajstić information content (AvgIpc) is 2.56. The summed E-state index contributed by atoms with van der Waals surface area (Å²) in [5.74, 6) is 0.823. The molecule has 0 bridgehead atoms. The van der Waals surface area contributed by atoms with E-state index in [0.29, 0.717) is 30.9 Å². The summed E-state index contributed by atoms with van der Waals surface area (Å²) in [5.41, 5.74) is 0.963. The third-order valence-electron chi connectivity index (χ3n) is 3.66. The van der Waals surface area contributed by atoms with Crippen molar-refractivity contribution in [3.05, 3.63) is 50.3 Å². The lowest BCUT2D eigenvalue weighted by Gasteiger charge is -2.16. The molecule has 0 aliphatic heterocycles. The number of nitrogens with one attached hydrogen (secondary N) is 2. The Hall–Kier alpha value is -2.34. The number of hydrogen-bond acceptors (Lipinski definition) is 6. The van der Waals surface area contributed by atoms with E-state index in [1.54, 1.807) is 7.11 Å². The predicted molar refractivity (Wildman–Crippen MR) is 93.6 cm³/mol. The van der Waals surface area contributed by atoms with E-state index in [1.807, 2.05) is 43.3 Å². The summed E-state index contributed by atoms with van der Waals surface area (Å²) in [6, 6.07) is 7.75. The molecule has 23 heavy (non-hydrogen) atoms. The van der Waals surface area contributed by atoms with Crippen LogP contribution in [-0.4, -0.2) is 45.7 Å². The Morgan fingerprint density at radius 2 is 1.61 bits per heavy atom. The van der Waals surface area contributed by atoms with Gasteiger partial charge in [-0.15, -0.1) is 0 Å². The normalized spacial score (nSPS) is 11.0. The first-order chi connectivity index (χ1) is 11.0. The second-order valence-electron chi connectivity index (χ2n) is 5.63. The number of anilines is 2. The Kier molecular flexibility index (Phi) is 5.76. The Bertz CT molecular complexity index is 718. The summed E-state index contributed by atoms with van der Waals surface area (Å²) in [7, 11) is 5.54. The van der Waals surface area contributed by atoms with E-state index in [-0.39, 0.29) is 0 Å². The van der Waals surface area contributed by atoms with Crippen LogP contribution < -0.4 is 26.2 Å². The fourth-order valence-electron chi connectivity index (χ4n) is 2.37. The molecule has 0 saturated heterocycles. The van der Waals surface area contributed by atoms with Gasteiger partial charge in [-0.25, -0.2) is 0 Å². The first-order valence-corrected chi connectivity index (χ1v) is 7.62. The Labute approximate surface area is 135 Å². The molecule has 2 N–H and O–H groups in total. The molecule has 6 nitrogen and oxygen atoms in total. The van der Waals surface area contributed by atoms with Crippen molar-refractivity contribution < 1.29 is 4.74 Å². The van der Waals surface area contributed by atoms with Crippen LogP contribution in [0.15, 0.2) is 33.9 Å². The summed E-state index contributed by atoms with van der Waals surface area (Å²) in [6.45, 7) is 1.98. The van der Waals surface area contributed by atoms with Gasteiger partial charge in [-0.2, -0.15) is 0 Å². The summed E-state index contributed by atoms with van der Waals surface area (Å²) in [5, 5.41) is 6.10. The highest BCUT2D eigenvalue weighted by molar-refractivity contribution is 5.73. The molecule has 2 aromatic rings. The quantitative estimate of drug-likeness (QED) is 0.670. The molecular formula is C17H23N3O3. The molecule has 124 valence electrons. The molecule has 6 heteroatoms. The minimum absolute atomic E-state index is 0.392. The lowest BCUT2D eigenvalue weighted by atomic mass is 10.1. The maximum atomic E-state index is 11.7. The van der Waals surface area contributed by atoms with Crippen LogP contribution >= 0.6 is 0 Å². The predicted octanol–water partition coefficient (Wildman–Crippen LogP) is 0.919. The van der Waals surface area contributed by atoms with Crippen molar-refractivity contribution in [2.45, 2.75) is 6.42 Å². The molecular weight excluding hydrogens is 294 g/mol. The maximum absolute atomic E-state index is 11.7. The first kappa shape index (κ1) is 17.0. The van der Waals surface area contributed by atoms with Crippen molar-refractivity contribution in [3.8, 4) is 5.75 Å². The zero-order chi connectivity index (χ0) is 16.8. The third-order valence-corrected chi connectivity index (χ3v) is 3.66. The van der Waals surface area contributed by atoms with Gasteiger partial charge in [0.2, 0.25) is 0 Å². The summed E-state index contributed by atoms with van der Waals surface area (Å²) < 4.78 is 5.30. The first-order valence-electron chi connectivity index (χ1n) is 7.62. The highest BCUT2D eigenvalue weighted by atomic mass is 16.5. The molecule has 0 aliphatic carbocycles. The van der Waals surface area contributed by atoms with Crippen LogP contribution in [0.5, 0.6) is 5.75 Å². The van der Waals surface area contributed by atoms with E-state index in [4.69, 9.17) is 4.74 Å². The van der Waals surface area contributed by atoms with E-state index in [0.717, 1.165) is 17.9 Å². The van der Waals surface area contributed by atoms with Crippen molar-refractivity contribution in [1.29, 1.82) is 0 Å². The van der Waals surface area contributed by atoms with Crippen molar-refractivity contribution in [2.75, 3.05) is 51.5 Å². The number of nitrogens with zero attached hydrogens (tertiary/aromatic N) is 1. The van der Waals surface area contributed by atoms with Gasteiger partial charge in [-0.1, -0.05) is 18.2 Å². The number of hydrogen-bond donors (Lipinski definition) is 2. The summed E-state index contributed by atoms with van der Waals surface area (Å²) in [6.07, 6.45) is 0.708. The van der Waals surface area contributed by atoms with Gasteiger partial charge in [-0.3, -0.25) is 9.59 Å². The molecule has 0 amide bonds. The molecule has 2 rings (SSSR count). The molecule has 0 unspecified atom stereocenters. The minimum atomic E-state index is -0.447. The SMILES string of the molecule is COc1ccccc1CCNc1c(NCCN(C)C)c(=O)c1=O. The monoisotopic (exact) mass is 317 g/mol. The number of methoxy groups -OCH3 is 1. The Morgan fingerprint density at radius 3 is 2.22 bits per heavy atom. The van der Waals surface area contributed by atoms with Gasteiger partial charge in [0, 0.05) is 19.6 Å². The largest absolute Gasteiger partial charge is 0.496 e. The Morgan fingerprint density at radius 1 is 1.00 bits per heavy atom. The van der Waals surface area contributed by atoms with Crippen molar-refractivity contribution in [1.82, 2.24) is 4.90 Å². The molecule has 0 radical (unpaired) electrons. The van der Waals surface area contributed by atoms with Gasteiger partial charge in [0.25, 0.3) is 10.9 Å². The highest BCUT2D eigenvalue weighted by Crippen LogP contribution is 2.19. The van der Waals surface area contributed by atoms with Gasteiger partial charge >= 0.3 is 0 Å². The lowest BCUT2D eigenvalue weighted by Crippen LogP contribution is -2.38. The van der Waals surface area contributed by atoms with E-state index < -0.39 is 10.9 Å². The zero-order valence-electron chi connectivity index (χ0n) is 13.8. The van der Waals surface area contributed by atoms with Crippen LogP contribution in [0.3, 0.4) is 0 Å². The zero-order valence-corrected chi connectivity index (χ0v) is 13.8. The van der Waals surface area contributed by atoms with Gasteiger partial charge in [0.1, 0.15) is 17.1 Å². The molecule has 0 aromatic heterocycles. The van der Waals surface area contributed by atoms with Crippen LogP contribution in [-0.2, 0) is 6.42 Å². The number of likely N-dealkylation sites (N-methyl/N-ethyl adjacent to an activating group) is 1. The van der Waals surface area contributed by atoms with Crippen molar-refractivity contribution in [3.63, 3.8) is 0 Å². The molecule has 0 aliphatic rings. The third kappa shape index (κ3) is 4.10. The molecule has 0 fully saturated rings. The second kappa shape index (κ2) is 7.78. The van der Waals surface area contributed by atoms with Crippen LogP contribution in [0.1, 0.15) is 5.56 Å². The molecule has 0 atom stereocenters. The van der Waals surface area contributed by atoms with Gasteiger partial charge in [-0.05, 0) is 32.1 Å². The van der Waals surface area contributed by atoms with E-state index in [9.17, 15) is 9.59 Å². The fraction of sp³-hybridized carbons (Fsp3) is 0.412. The van der Waals surface area contributed by atoms with Crippen LogP contribution in [0.4, 0.5) is 11.4 Å². The number of benzene rings is 1. The van der Waals surface area contributed by atoms with E-state index >= 15 is 0 Å². The van der Waals surface area contributed by atoms with Crippen LogP contribution in [0.25, 0.3) is 0 Å². The number of para-hydroxylation sites is 1. The average molecular weight is 317 g/mol. The van der Waals surface area contributed by atoms with Crippen LogP contribution in [0, 0.1) is 0 Å². The van der Waals surface area contributed by atoms with Gasteiger partial charge in [0.15, 0.2) is 0 Å². The van der Waals surface area contributed by atoms with Crippen LogP contribution in [0.2, 0.25) is 0 Å². The smallest absolute Gasteiger partial charge is 0.253 e. The van der Waals surface area contributed by atoms with Crippen molar-refractivity contribution in [2.24, 2.45) is 0 Å².